The molecule has 0 amide bonds. The number of ketones is 1. The van der Waals surface area contributed by atoms with Gasteiger partial charge in [0.15, 0.2) is 5.78 Å². The van der Waals surface area contributed by atoms with Crippen molar-refractivity contribution in [1.29, 1.82) is 0 Å². The summed E-state index contributed by atoms with van der Waals surface area (Å²) in [5, 5.41) is 0. The first-order valence-corrected chi connectivity index (χ1v) is 7.77. The second-order valence-electron chi connectivity index (χ2n) is 5.40. The Hall–Kier alpha value is -1.11. The zero-order chi connectivity index (χ0) is 14.4. The Morgan fingerprint density at radius 3 is 1.89 bits per heavy atom. The van der Waals surface area contributed by atoms with Gasteiger partial charge < -0.3 is 0 Å². The van der Waals surface area contributed by atoms with Gasteiger partial charge in [-0.05, 0) is 42.4 Å². The van der Waals surface area contributed by atoms with Crippen LogP contribution in [0.15, 0.2) is 12.1 Å². The number of Topliss-reactive ketones (excluding diaryl/α,β-unsaturated/α-hetero) is 1. The molecule has 19 heavy (non-hydrogen) atoms. The van der Waals surface area contributed by atoms with Gasteiger partial charge in [-0.3, -0.25) is 4.79 Å². The number of carbonyl (C=O) groups excluding carboxylic acids is 1. The van der Waals surface area contributed by atoms with E-state index in [9.17, 15) is 4.79 Å². The van der Waals surface area contributed by atoms with Crippen molar-refractivity contribution in [2.24, 2.45) is 5.92 Å². The summed E-state index contributed by atoms with van der Waals surface area (Å²) >= 11 is 0. The largest absolute Gasteiger partial charge is 0.294 e. The molecular weight excluding hydrogens is 232 g/mol. The Morgan fingerprint density at radius 1 is 1.00 bits per heavy atom. The molecule has 1 unspecified atom stereocenters. The first kappa shape index (κ1) is 15.9. The van der Waals surface area contributed by atoms with E-state index in [0.717, 1.165) is 37.7 Å². The third kappa shape index (κ3) is 3.68. The first-order chi connectivity index (χ1) is 9.08. The minimum Gasteiger partial charge on any atom is -0.294 e. The van der Waals surface area contributed by atoms with Crippen LogP contribution in [0.25, 0.3) is 0 Å². The van der Waals surface area contributed by atoms with Gasteiger partial charge in [0.05, 0.1) is 0 Å². The second kappa shape index (κ2) is 7.47. The number of hydrogen-bond donors (Lipinski definition) is 0. The fraction of sp³-hybridized carbons (Fsp3) is 0.611. The van der Waals surface area contributed by atoms with Crippen molar-refractivity contribution >= 4 is 5.78 Å². The van der Waals surface area contributed by atoms with Crippen molar-refractivity contribution in [3.8, 4) is 0 Å². The van der Waals surface area contributed by atoms with Crippen LogP contribution in [-0.4, -0.2) is 5.78 Å². The highest BCUT2D eigenvalue weighted by Crippen LogP contribution is 2.24. The van der Waals surface area contributed by atoms with Crippen LogP contribution in [0.2, 0.25) is 0 Å². The molecular formula is C18H28O. The Morgan fingerprint density at radius 2 is 1.53 bits per heavy atom. The molecule has 1 aromatic carbocycles. The van der Waals surface area contributed by atoms with Crippen LogP contribution in [0.3, 0.4) is 0 Å². The van der Waals surface area contributed by atoms with Gasteiger partial charge >= 0.3 is 0 Å². The molecule has 1 rings (SSSR count). The lowest BCUT2D eigenvalue weighted by Gasteiger charge is -2.17. The van der Waals surface area contributed by atoms with Crippen LogP contribution in [0.1, 0.15) is 74.5 Å². The summed E-state index contributed by atoms with van der Waals surface area (Å²) in [6.07, 6.45) is 4.99. The van der Waals surface area contributed by atoms with Gasteiger partial charge in [-0.15, -0.1) is 0 Å². The van der Waals surface area contributed by atoms with Crippen LogP contribution in [0.4, 0.5) is 0 Å². The van der Waals surface area contributed by atoms with Crippen LogP contribution < -0.4 is 0 Å². The number of hydrogen-bond acceptors (Lipinski definition) is 1. The van der Waals surface area contributed by atoms with E-state index in [0.29, 0.717) is 5.78 Å². The SMILES string of the molecule is CCCC(C)C(=O)c1c(CC)cc(CC)cc1CC. The van der Waals surface area contributed by atoms with Crippen LogP contribution in [-0.2, 0) is 19.3 Å². The summed E-state index contributed by atoms with van der Waals surface area (Å²) in [7, 11) is 0. The number of benzene rings is 1. The number of rotatable bonds is 7. The summed E-state index contributed by atoms with van der Waals surface area (Å²) in [6, 6.07) is 4.45. The zero-order valence-electron chi connectivity index (χ0n) is 13.2. The van der Waals surface area contributed by atoms with Crippen LogP contribution >= 0.6 is 0 Å². The Bertz CT molecular complexity index is 406. The lowest BCUT2D eigenvalue weighted by Crippen LogP contribution is -2.16. The van der Waals surface area contributed by atoms with E-state index in [1.165, 1.54) is 16.7 Å². The minimum absolute atomic E-state index is 0.146. The molecule has 0 aromatic heterocycles. The molecule has 1 heteroatoms. The Balaban J connectivity index is 3.27. The summed E-state index contributed by atoms with van der Waals surface area (Å²) in [6.45, 7) is 10.7. The molecule has 0 aliphatic rings. The van der Waals surface area contributed by atoms with Crippen molar-refractivity contribution in [2.75, 3.05) is 0 Å². The van der Waals surface area contributed by atoms with Crippen molar-refractivity contribution in [3.63, 3.8) is 0 Å². The van der Waals surface area contributed by atoms with Crippen molar-refractivity contribution in [1.82, 2.24) is 0 Å². The first-order valence-electron chi connectivity index (χ1n) is 7.77. The van der Waals surface area contributed by atoms with E-state index < -0.39 is 0 Å². The summed E-state index contributed by atoms with van der Waals surface area (Å²) in [5.74, 6) is 0.492. The summed E-state index contributed by atoms with van der Waals surface area (Å²) in [5.41, 5.74) is 4.85. The number of carbonyl (C=O) groups is 1. The lowest BCUT2D eigenvalue weighted by molar-refractivity contribution is 0.0921. The highest BCUT2D eigenvalue weighted by molar-refractivity contribution is 6.00. The van der Waals surface area contributed by atoms with Crippen molar-refractivity contribution < 1.29 is 4.79 Å². The van der Waals surface area contributed by atoms with Gasteiger partial charge in [0.1, 0.15) is 0 Å². The van der Waals surface area contributed by atoms with Gasteiger partial charge in [0.25, 0.3) is 0 Å². The van der Waals surface area contributed by atoms with Crippen molar-refractivity contribution in [2.45, 2.75) is 66.7 Å². The smallest absolute Gasteiger partial charge is 0.166 e. The molecule has 0 bridgehead atoms. The molecule has 0 saturated carbocycles. The minimum atomic E-state index is 0.146. The fourth-order valence-electron chi connectivity index (χ4n) is 2.73. The average molecular weight is 260 g/mol. The maximum absolute atomic E-state index is 12.7. The molecule has 0 fully saturated rings. The van der Waals surface area contributed by atoms with Gasteiger partial charge in [0.2, 0.25) is 0 Å². The second-order valence-corrected chi connectivity index (χ2v) is 5.40. The quantitative estimate of drug-likeness (QED) is 0.631. The van der Waals surface area contributed by atoms with Crippen molar-refractivity contribution in [3.05, 3.63) is 34.4 Å². The standard InChI is InChI=1S/C18H28O/c1-6-10-13(5)18(19)17-15(8-3)11-14(7-2)12-16(17)9-4/h11-13H,6-10H2,1-5H3. The Kier molecular flexibility index (Phi) is 6.27. The highest BCUT2D eigenvalue weighted by Gasteiger charge is 2.20. The highest BCUT2D eigenvalue weighted by atomic mass is 16.1. The fourth-order valence-corrected chi connectivity index (χ4v) is 2.73. The van der Waals surface area contributed by atoms with Gasteiger partial charge in [-0.25, -0.2) is 0 Å². The molecule has 0 aliphatic carbocycles. The molecule has 106 valence electrons. The molecule has 0 saturated heterocycles. The Labute approximate surface area is 118 Å². The molecule has 0 aliphatic heterocycles. The predicted octanol–water partition coefficient (Wildman–Crippen LogP) is 4.99. The maximum atomic E-state index is 12.7. The molecule has 0 heterocycles. The summed E-state index contributed by atoms with van der Waals surface area (Å²) < 4.78 is 0. The summed E-state index contributed by atoms with van der Waals surface area (Å²) in [4.78, 5) is 12.7. The van der Waals surface area contributed by atoms with E-state index in [4.69, 9.17) is 0 Å². The monoisotopic (exact) mass is 260 g/mol. The molecule has 0 spiro atoms. The normalized spacial score (nSPS) is 12.5. The third-order valence-electron chi connectivity index (χ3n) is 3.95. The van der Waals surface area contributed by atoms with E-state index in [2.05, 4.69) is 46.8 Å². The van der Waals surface area contributed by atoms with Gasteiger partial charge in [-0.1, -0.05) is 53.2 Å². The number of aryl methyl sites for hydroxylation is 3. The van der Waals surface area contributed by atoms with Crippen LogP contribution in [0, 0.1) is 5.92 Å². The average Bonchev–Trinajstić information content (AvgIpc) is 2.44. The van der Waals surface area contributed by atoms with Gasteiger partial charge in [0, 0.05) is 11.5 Å². The van der Waals surface area contributed by atoms with Gasteiger partial charge in [-0.2, -0.15) is 0 Å². The molecule has 1 atom stereocenters. The topological polar surface area (TPSA) is 17.1 Å². The lowest BCUT2D eigenvalue weighted by atomic mass is 9.86. The van der Waals surface area contributed by atoms with E-state index in [1.54, 1.807) is 0 Å². The maximum Gasteiger partial charge on any atom is 0.166 e. The zero-order valence-corrected chi connectivity index (χ0v) is 13.2. The van der Waals surface area contributed by atoms with E-state index >= 15 is 0 Å². The molecule has 1 nitrogen and oxygen atoms in total. The third-order valence-corrected chi connectivity index (χ3v) is 3.95. The molecule has 1 aromatic rings. The molecule has 0 N–H and O–H groups in total. The van der Waals surface area contributed by atoms with E-state index in [-0.39, 0.29) is 5.92 Å². The molecule has 0 radical (unpaired) electrons. The predicted molar refractivity (Wildman–Crippen MR) is 83.0 cm³/mol. The van der Waals surface area contributed by atoms with Crippen LogP contribution in [0.5, 0.6) is 0 Å². The van der Waals surface area contributed by atoms with E-state index in [1.807, 2.05) is 0 Å².